The third-order valence-corrected chi connectivity index (χ3v) is 4.22. The highest BCUT2D eigenvalue weighted by atomic mass is 79.9. The molecule has 1 aliphatic rings. The zero-order valence-corrected chi connectivity index (χ0v) is 13.5. The molecule has 1 saturated carbocycles. The highest BCUT2D eigenvalue weighted by Gasteiger charge is 2.23. The smallest absolute Gasteiger partial charge is 0.133 e. The van der Waals surface area contributed by atoms with Crippen LogP contribution in [0.3, 0.4) is 0 Å². The first-order valence-corrected chi connectivity index (χ1v) is 7.82. The highest BCUT2D eigenvalue weighted by molar-refractivity contribution is 9.10. The van der Waals surface area contributed by atoms with Crippen LogP contribution in [0, 0.1) is 0 Å². The van der Waals surface area contributed by atoms with Crippen molar-refractivity contribution in [3.63, 3.8) is 0 Å². The summed E-state index contributed by atoms with van der Waals surface area (Å²) in [7, 11) is 1.65. The summed E-state index contributed by atoms with van der Waals surface area (Å²) >= 11 is 3.49. The molecule has 1 fully saturated rings. The number of hydrogen-bond acceptors (Lipinski definition) is 3. The van der Waals surface area contributed by atoms with Gasteiger partial charge in [-0.1, -0.05) is 18.2 Å². The van der Waals surface area contributed by atoms with Crippen LogP contribution >= 0.6 is 15.9 Å². The number of methoxy groups -OCH3 is 1. The zero-order chi connectivity index (χ0) is 14.8. The molecule has 0 amide bonds. The molecule has 1 aliphatic carbocycles. The molecule has 0 bridgehead atoms. The van der Waals surface area contributed by atoms with Crippen molar-refractivity contribution in [3.05, 3.63) is 58.1 Å². The maximum Gasteiger partial charge on any atom is 0.133 e. The Morgan fingerprint density at radius 1 is 1.10 bits per heavy atom. The van der Waals surface area contributed by atoms with E-state index in [2.05, 4.69) is 15.9 Å². The first-order valence-electron chi connectivity index (χ1n) is 7.03. The Labute approximate surface area is 133 Å². The molecule has 0 saturated heterocycles. The van der Waals surface area contributed by atoms with E-state index in [0.717, 1.165) is 27.1 Å². The lowest BCUT2D eigenvalue weighted by atomic mass is 9.99. The Kier molecular flexibility index (Phi) is 4.17. The van der Waals surface area contributed by atoms with E-state index in [1.165, 1.54) is 12.8 Å². The first-order chi connectivity index (χ1) is 10.2. The van der Waals surface area contributed by atoms with Gasteiger partial charge in [0.05, 0.1) is 23.7 Å². The maximum atomic E-state index is 6.34. The van der Waals surface area contributed by atoms with Gasteiger partial charge in [-0.25, -0.2) is 0 Å². The molecule has 4 heteroatoms. The molecule has 0 spiro atoms. The molecule has 0 aliphatic heterocycles. The van der Waals surface area contributed by atoms with E-state index >= 15 is 0 Å². The Balaban J connectivity index is 1.77. The molecule has 110 valence electrons. The monoisotopic (exact) mass is 347 g/mol. The first kappa shape index (κ1) is 14.4. The van der Waals surface area contributed by atoms with Gasteiger partial charge >= 0.3 is 0 Å². The standard InChI is InChI=1S/C17H18BrNO2/c1-20-16-9-4-12(10-15(16)18)17(19)11-2-5-13(6-3-11)21-14-7-8-14/h2-6,9-10,14,17H,7-8,19H2,1H3. The molecule has 21 heavy (non-hydrogen) atoms. The van der Waals surface area contributed by atoms with E-state index in [0.29, 0.717) is 6.10 Å². The van der Waals surface area contributed by atoms with E-state index < -0.39 is 0 Å². The van der Waals surface area contributed by atoms with Crippen LogP contribution in [-0.2, 0) is 0 Å². The predicted molar refractivity (Wildman–Crippen MR) is 86.8 cm³/mol. The van der Waals surface area contributed by atoms with E-state index in [-0.39, 0.29) is 6.04 Å². The van der Waals surface area contributed by atoms with Gasteiger partial charge < -0.3 is 15.2 Å². The highest BCUT2D eigenvalue weighted by Crippen LogP contribution is 2.31. The summed E-state index contributed by atoms with van der Waals surface area (Å²) in [5.41, 5.74) is 8.44. The van der Waals surface area contributed by atoms with Crippen LogP contribution in [0.4, 0.5) is 0 Å². The Hall–Kier alpha value is -1.52. The van der Waals surface area contributed by atoms with Gasteiger partial charge in [-0.2, -0.15) is 0 Å². The third-order valence-electron chi connectivity index (χ3n) is 3.60. The van der Waals surface area contributed by atoms with Gasteiger partial charge in [-0.3, -0.25) is 0 Å². The molecule has 0 aromatic heterocycles. The second-order valence-corrected chi connectivity index (χ2v) is 6.11. The summed E-state index contributed by atoms with van der Waals surface area (Å²) in [5.74, 6) is 1.73. The van der Waals surface area contributed by atoms with Crippen molar-refractivity contribution in [1.29, 1.82) is 0 Å². The second-order valence-electron chi connectivity index (χ2n) is 5.26. The predicted octanol–water partition coefficient (Wildman–Crippen LogP) is 4.05. The van der Waals surface area contributed by atoms with E-state index in [9.17, 15) is 0 Å². The number of benzene rings is 2. The van der Waals surface area contributed by atoms with E-state index in [1.54, 1.807) is 7.11 Å². The topological polar surface area (TPSA) is 44.5 Å². The van der Waals surface area contributed by atoms with Crippen LogP contribution in [0.1, 0.15) is 30.0 Å². The summed E-state index contributed by atoms with van der Waals surface area (Å²) in [6.45, 7) is 0. The largest absolute Gasteiger partial charge is 0.496 e. The fourth-order valence-electron chi connectivity index (χ4n) is 2.20. The average Bonchev–Trinajstić information content (AvgIpc) is 3.31. The van der Waals surface area contributed by atoms with Crippen molar-refractivity contribution in [3.8, 4) is 11.5 Å². The van der Waals surface area contributed by atoms with Crippen molar-refractivity contribution >= 4 is 15.9 Å². The van der Waals surface area contributed by atoms with Gasteiger partial charge in [0, 0.05) is 0 Å². The van der Waals surface area contributed by atoms with Gasteiger partial charge in [-0.05, 0) is 64.2 Å². The number of nitrogens with two attached hydrogens (primary N) is 1. The lowest BCUT2D eigenvalue weighted by Crippen LogP contribution is -2.11. The molecular weight excluding hydrogens is 330 g/mol. The molecule has 0 heterocycles. The molecule has 2 aromatic carbocycles. The minimum Gasteiger partial charge on any atom is -0.496 e. The number of rotatable bonds is 5. The van der Waals surface area contributed by atoms with Gasteiger partial charge in [-0.15, -0.1) is 0 Å². The van der Waals surface area contributed by atoms with Crippen molar-refractivity contribution in [2.75, 3.05) is 7.11 Å². The Morgan fingerprint density at radius 2 is 1.76 bits per heavy atom. The van der Waals surface area contributed by atoms with Gasteiger partial charge in [0.2, 0.25) is 0 Å². The summed E-state index contributed by atoms with van der Waals surface area (Å²) < 4.78 is 11.9. The minimum atomic E-state index is -0.165. The molecule has 0 radical (unpaired) electrons. The molecule has 2 N–H and O–H groups in total. The lowest BCUT2D eigenvalue weighted by Gasteiger charge is -2.15. The SMILES string of the molecule is COc1ccc(C(N)c2ccc(OC3CC3)cc2)cc1Br. The maximum absolute atomic E-state index is 6.34. The average molecular weight is 348 g/mol. The van der Waals surface area contributed by atoms with Crippen molar-refractivity contribution in [2.45, 2.75) is 25.0 Å². The fraction of sp³-hybridized carbons (Fsp3) is 0.294. The Bertz CT molecular complexity index is 623. The molecule has 1 atom stereocenters. The summed E-state index contributed by atoms with van der Waals surface area (Å²) in [6.07, 6.45) is 2.75. The summed E-state index contributed by atoms with van der Waals surface area (Å²) in [5, 5.41) is 0. The van der Waals surface area contributed by atoms with Crippen molar-refractivity contribution in [2.24, 2.45) is 5.73 Å². The van der Waals surface area contributed by atoms with Crippen LogP contribution in [-0.4, -0.2) is 13.2 Å². The minimum absolute atomic E-state index is 0.165. The molecule has 1 unspecified atom stereocenters. The summed E-state index contributed by atoms with van der Waals surface area (Å²) in [6, 6.07) is 13.8. The number of hydrogen-bond donors (Lipinski definition) is 1. The van der Waals surface area contributed by atoms with Crippen molar-refractivity contribution in [1.82, 2.24) is 0 Å². The van der Waals surface area contributed by atoms with Crippen LogP contribution in [0.2, 0.25) is 0 Å². The van der Waals surface area contributed by atoms with E-state index in [1.807, 2.05) is 42.5 Å². The summed E-state index contributed by atoms with van der Waals surface area (Å²) in [4.78, 5) is 0. The molecule has 2 aromatic rings. The van der Waals surface area contributed by atoms with Gasteiger partial charge in [0.25, 0.3) is 0 Å². The van der Waals surface area contributed by atoms with E-state index in [4.69, 9.17) is 15.2 Å². The normalized spacial score (nSPS) is 15.6. The molecule has 3 nitrogen and oxygen atoms in total. The van der Waals surface area contributed by atoms with Crippen molar-refractivity contribution < 1.29 is 9.47 Å². The van der Waals surface area contributed by atoms with Crippen LogP contribution < -0.4 is 15.2 Å². The number of halogens is 1. The fourth-order valence-corrected chi connectivity index (χ4v) is 2.76. The lowest BCUT2D eigenvalue weighted by molar-refractivity contribution is 0.303. The van der Waals surface area contributed by atoms with Gasteiger partial charge in [0.1, 0.15) is 11.5 Å². The molecule has 3 rings (SSSR count). The molecular formula is C17H18BrNO2. The van der Waals surface area contributed by atoms with Crippen LogP contribution in [0.25, 0.3) is 0 Å². The second kappa shape index (κ2) is 6.08. The Morgan fingerprint density at radius 3 is 2.33 bits per heavy atom. The third kappa shape index (κ3) is 3.39. The van der Waals surface area contributed by atoms with Crippen LogP contribution in [0.5, 0.6) is 11.5 Å². The number of ether oxygens (including phenoxy) is 2. The van der Waals surface area contributed by atoms with Gasteiger partial charge in [0.15, 0.2) is 0 Å². The zero-order valence-electron chi connectivity index (χ0n) is 11.9. The quantitative estimate of drug-likeness (QED) is 0.887. The van der Waals surface area contributed by atoms with Crippen LogP contribution in [0.15, 0.2) is 46.9 Å².